The minimum absolute atomic E-state index is 0.140. The lowest BCUT2D eigenvalue weighted by Gasteiger charge is -2.15. The molecule has 1 amide bonds. The van der Waals surface area contributed by atoms with Crippen LogP contribution in [0.4, 0.5) is 0 Å². The van der Waals surface area contributed by atoms with Crippen molar-refractivity contribution in [2.45, 2.75) is 26.3 Å². The average Bonchev–Trinajstić information content (AvgIpc) is 2.36. The van der Waals surface area contributed by atoms with Crippen molar-refractivity contribution >= 4 is 5.91 Å². The Morgan fingerprint density at radius 1 is 1.59 bits per heavy atom. The van der Waals surface area contributed by atoms with Crippen LogP contribution >= 0.6 is 0 Å². The fourth-order valence-corrected chi connectivity index (χ4v) is 1.43. The monoisotopic (exact) mass is 232 g/mol. The van der Waals surface area contributed by atoms with Crippen molar-refractivity contribution in [2.24, 2.45) is 0 Å². The fraction of sp³-hybridized carbons (Fsp3) is 0.385. The predicted octanol–water partition coefficient (Wildman–Crippen LogP) is 1.68. The highest BCUT2D eigenvalue weighted by molar-refractivity contribution is 5.93. The third kappa shape index (κ3) is 3.80. The zero-order valence-electron chi connectivity index (χ0n) is 10.3. The second-order valence-electron chi connectivity index (χ2n) is 3.41. The van der Waals surface area contributed by atoms with Crippen LogP contribution in [0.3, 0.4) is 0 Å². The first-order chi connectivity index (χ1) is 8.21. The molecule has 1 heterocycles. The van der Waals surface area contributed by atoms with Gasteiger partial charge >= 0.3 is 0 Å². The minimum atomic E-state index is -0.288. The van der Waals surface area contributed by atoms with Gasteiger partial charge < -0.3 is 10.1 Å². The third-order valence-corrected chi connectivity index (χ3v) is 2.26. The first kappa shape index (κ1) is 13.0. The summed E-state index contributed by atoms with van der Waals surface area (Å²) < 4.78 is 5.05. The summed E-state index contributed by atoms with van der Waals surface area (Å²) in [4.78, 5) is 15.7. The SMILES string of the molecule is CC#CC(=O)NC(CC)c1cccc(OC)n1. The Labute approximate surface area is 101 Å². The van der Waals surface area contributed by atoms with Gasteiger partial charge in [-0.15, -0.1) is 0 Å². The Hall–Kier alpha value is -2.02. The summed E-state index contributed by atoms with van der Waals surface area (Å²) in [6.07, 6.45) is 0.747. The fourth-order valence-electron chi connectivity index (χ4n) is 1.43. The van der Waals surface area contributed by atoms with Crippen LogP contribution in [0.15, 0.2) is 18.2 Å². The van der Waals surface area contributed by atoms with E-state index in [0.29, 0.717) is 5.88 Å². The van der Waals surface area contributed by atoms with Crippen molar-refractivity contribution in [2.75, 3.05) is 7.11 Å². The number of methoxy groups -OCH3 is 1. The zero-order valence-corrected chi connectivity index (χ0v) is 10.3. The van der Waals surface area contributed by atoms with E-state index in [1.807, 2.05) is 19.1 Å². The molecule has 0 radical (unpaired) electrons. The molecule has 90 valence electrons. The summed E-state index contributed by atoms with van der Waals surface area (Å²) >= 11 is 0. The Bertz CT molecular complexity index is 446. The largest absolute Gasteiger partial charge is 0.481 e. The lowest BCUT2D eigenvalue weighted by atomic mass is 10.1. The average molecular weight is 232 g/mol. The lowest BCUT2D eigenvalue weighted by Crippen LogP contribution is -2.27. The van der Waals surface area contributed by atoms with E-state index < -0.39 is 0 Å². The Balaban J connectivity index is 2.84. The predicted molar refractivity (Wildman–Crippen MR) is 65.4 cm³/mol. The molecule has 0 bridgehead atoms. The number of hydrogen-bond acceptors (Lipinski definition) is 3. The van der Waals surface area contributed by atoms with Crippen LogP contribution in [0.2, 0.25) is 0 Å². The van der Waals surface area contributed by atoms with Crippen LogP contribution in [-0.4, -0.2) is 18.0 Å². The van der Waals surface area contributed by atoms with Gasteiger partial charge in [-0.1, -0.05) is 18.9 Å². The van der Waals surface area contributed by atoms with Gasteiger partial charge in [-0.05, 0) is 25.3 Å². The molecule has 0 fully saturated rings. The van der Waals surface area contributed by atoms with Gasteiger partial charge in [0.25, 0.3) is 5.91 Å². The van der Waals surface area contributed by atoms with E-state index >= 15 is 0 Å². The van der Waals surface area contributed by atoms with Crippen LogP contribution < -0.4 is 10.1 Å². The summed E-state index contributed by atoms with van der Waals surface area (Å²) in [5, 5.41) is 2.80. The molecule has 1 unspecified atom stereocenters. The third-order valence-electron chi connectivity index (χ3n) is 2.26. The highest BCUT2D eigenvalue weighted by Crippen LogP contribution is 2.16. The molecule has 1 atom stereocenters. The smallest absolute Gasteiger partial charge is 0.296 e. The first-order valence-corrected chi connectivity index (χ1v) is 5.45. The van der Waals surface area contributed by atoms with E-state index in [0.717, 1.165) is 12.1 Å². The molecule has 1 aromatic rings. The van der Waals surface area contributed by atoms with Crippen molar-refractivity contribution in [3.8, 4) is 17.7 Å². The van der Waals surface area contributed by atoms with Gasteiger partial charge in [-0.2, -0.15) is 0 Å². The first-order valence-electron chi connectivity index (χ1n) is 5.45. The lowest BCUT2D eigenvalue weighted by molar-refractivity contribution is -0.116. The molecule has 1 aromatic heterocycles. The molecule has 4 heteroatoms. The quantitative estimate of drug-likeness (QED) is 0.803. The number of hydrogen-bond donors (Lipinski definition) is 1. The molecule has 0 aliphatic carbocycles. The summed E-state index contributed by atoms with van der Waals surface area (Å²) in [6, 6.07) is 5.33. The number of ether oxygens (including phenoxy) is 1. The van der Waals surface area contributed by atoms with Crippen LogP contribution in [0.25, 0.3) is 0 Å². The molecule has 17 heavy (non-hydrogen) atoms. The summed E-state index contributed by atoms with van der Waals surface area (Å²) in [5.41, 5.74) is 0.776. The molecule has 0 aliphatic rings. The van der Waals surface area contributed by atoms with Gasteiger partial charge in [0.15, 0.2) is 0 Å². The number of pyridine rings is 1. The number of rotatable bonds is 4. The number of nitrogens with one attached hydrogen (secondary N) is 1. The van der Waals surface area contributed by atoms with E-state index in [4.69, 9.17) is 4.74 Å². The maximum Gasteiger partial charge on any atom is 0.296 e. The van der Waals surface area contributed by atoms with Crippen LogP contribution in [0.5, 0.6) is 5.88 Å². The molecule has 0 saturated carbocycles. The van der Waals surface area contributed by atoms with Gasteiger partial charge in [-0.3, -0.25) is 4.79 Å². The van der Waals surface area contributed by atoms with Gasteiger partial charge in [0.1, 0.15) is 0 Å². The van der Waals surface area contributed by atoms with E-state index in [1.165, 1.54) is 0 Å². The number of carbonyl (C=O) groups excluding carboxylic acids is 1. The van der Waals surface area contributed by atoms with Crippen molar-refractivity contribution < 1.29 is 9.53 Å². The molecule has 0 aromatic carbocycles. The topological polar surface area (TPSA) is 51.2 Å². The Kier molecular flexibility index (Phi) is 5.02. The van der Waals surface area contributed by atoms with Crippen LogP contribution in [0.1, 0.15) is 32.0 Å². The maximum atomic E-state index is 11.4. The highest BCUT2D eigenvalue weighted by atomic mass is 16.5. The molecule has 0 saturated heterocycles. The van der Waals surface area contributed by atoms with E-state index in [2.05, 4.69) is 22.1 Å². The number of nitrogens with zero attached hydrogens (tertiary/aromatic N) is 1. The molecule has 1 N–H and O–H groups in total. The van der Waals surface area contributed by atoms with Crippen LogP contribution in [-0.2, 0) is 4.79 Å². The number of amides is 1. The second kappa shape index (κ2) is 6.54. The molecule has 4 nitrogen and oxygen atoms in total. The van der Waals surface area contributed by atoms with Crippen molar-refractivity contribution in [1.29, 1.82) is 0 Å². The maximum absolute atomic E-state index is 11.4. The van der Waals surface area contributed by atoms with Crippen molar-refractivity contribution in [3.63, 3.8) is 0 Å². The van der Waals surface area contributed by atoms with E-state index in [1.54, 1.807) is 20.1 Å². The summed E-state index contributed by atoms with van der Waals surface area (Å²) in [5.74, 6) is 5.26. The second-order valence-corrected chi connectivity index (χ2v) is 3.41. The molecule has 1 rings (SSSR count). The van der Waals surface area contributed by atoms with Gasteiger partial charge in [0, 0.05) is 6.07 Å². The molecule has 0 spiro atoms. The van der Waals surface area contributed by atoms with Crippen LogP contribution in [0, 0.1) is 11.8 Å². The van der Waals surface area contributed by atoms with Crippen molar-refractivity contribution in [3.05, 3.63) is 23.9 Å². The standard InChI is InChI=1S/C13H16N2O2/c1-4-7-12(16)14-10(5-2)11-8-6-9-13(15-11)17-3/h6,8-10H,5H2,1-3H3,(H,14,16). The molecular weight excluding hydrogens is 216 g/mol. The van der Waals surface area contributed by atoms with E-state index in [9.17, 15) is 4.79 Å². The minimum Gasteiger partial charge on any atom is -0.481 e. The summed E-state index contributed by atoms with van der Waals surface area (Å²) in [7, 11) is 1.56. The molecule has 0 aliphatic heterocycles. The Morgan fingerprint density at radius 2 is 2.35 bits per heavy atom. The van der Waals surface area contributed by atoms with E-state index in [-0.39, 0.29) is 11.9 Å². The van der Waals surface area contributed by atoms with Gasteiger partial charge in [-0.25, -0.2) is 4.98 Å². The zero-order chi connectivity index (χ0) is 12.7. The Morgan fingerprint density at radius 3 is 2.94 bits per heavy atom. The highest BCUT2D eigenvalue weighted by Gasteiger charge is 2.13. The number of carbonyl (C=O) groups is 1. The number of aromatic nitrogens is 1. The summed E-state index contributed by atoms with van der Waals surface area (Å²) in [6.45, 7) is 3.61. The van der Waals surface area contributed by atoms with Crippen molar-refractivity contribution in [1.82, 2.24) is 10.3 Å². The van der Waals surface area contributed by atoms with Gasteiger partial charge in [0.2, 0.25) is 5.88 Å². The normalized spacial score (nSPS) is 11.0. The molecular formula is C13H16N2O2. The van der Waals surface area contributed by atoms with Gasteiger partial charge in [0.05, 0.1) is 18.8 Å².